The summed E-state index contributed by atoms with van der Waals surface area (Å²) in [7, 11) is 0. The number of carbonyl (C=O) groups is 2. The van der Waals surface area contributed by atoms with Gasteiger partial charge < -0.3 is 20.1 Å². The predicted octanol–water partition coefficient (Wildman–Crippen LogP) is 2.73. The number of nitrogens with one attached hydrogen (secondary N) is 2. The van der Waals surface area contributed by atoms with Crippen LogP contribution >= 0.6 is 0 Å². The number of fused-ring (bicyclic) bond motifs is 1. The first-order valence-corrected chi connectivity index (χ1v) is 8.35. The molecule has 0 aliphatic carbocycles. The minimum absolute atomic E-state index is 0.0986. The van der Waals surface area contributed by atoms with Gasteiger partial charge in [-0.3, -0.25) is 4.79 Å². The Morgan fingerprint density at radius 1 is 1.32 bits per heavy atom. The molecule has 0 amide bonds. The Bertz CT molecular complexity index is 1160. The fourth-order valence-electron chi connectivity index (χ4n) is 2.91. The fourth-order valence-corrected chi connectivity index (χ4v) is 2.91. The van der Waals surface area contributed by atoms with Gasteiger partial charge in [-0.1, -0.05) is 12.1 Å². The number of nitrogens with zero attached hydrogens (tertiary/aromatic N) is 1. The molecule has 0 fully saturated rings. The number of Topliss-reactive ketones (excluding diaryl/α,β-unsaturated/α-hetero) is 1. The van der Waals surface area contributed by atoms with E-state index >= 15 is 0 Å². The first kappa shape index (κ1) is 17.5. The van der Waals surface area contributed by atoms with Gasteiger partial charge in [-0.05, 0) is 35.9 Å². The average molecular weight is 379 g/mol. The van der Waals surface area contributed by atoms with E-state index in [1.165, 1.54) is 24.3 Å². The van der Waals surface area contributed by atoms with Gasteiger partial charge in [-0.2, -0.15) is 0 Å². The van der Waals surface area contributed by atoms with Crippen molar-refractivity contribution in [1.82, 2.24) is 15.3 Å². The number of allylic oxidation sites excluding steroid dienone is 1. The minimum atomic E-state index is -1.41. The number of benzene rings is 1. The number of ether oxygens (including phenoxy) is 1. The molecule has 4 rings (SSSR count). The van der Waals surface area contributed by atoms with Crippen molar-refractivity contribution in [2.45, 2.75) is 6.54 Å². The van der Waals surface area contributed by atoms with Crippen molar-refractivity contribution in [1.29, 1.82) is 0 Å². The van der Waals surface area contributed by atoms with Gasteiger partial charge in [0, 0.05) is 29.9 Å². The number of aliphatic carboxylic acids is 1. The lowest BCUT2D eigenvalue weighted by Gasteiger charge is -2.08. The Morgan fingerprint density at radius 3 is 2.96 bits per heavy atom. The SMILES string of the molecule is O=C(O)C1=C(NCc2cccc(F)c2)OC(=Cc2c[nH]c3ncccc23)C1=O. The molecule has 0 bridgehead atoms. The molecule has 3 N–H and O–H groups in total. The van der Waals surface area contributed by atoms with E-state index in [4.69, 9.17) is 4.74 Å². The summed E-state index contributed by atoms with van der Waals surface area (Å²) in [6, 6.07) is 9.39. The molecule has 0 unspecified atom stereocenters. The van der Waals surface area contributed by atoms with Crippen molar-refractivity contribution in [3.8, 4) is 0 Å². The molecular formula is C20H14FN3O4. The molecule has 0 radical (unpaired) electrons. The number of ketones is 1. The Labute approximate surface area is 158 Å². The molecule has 0 saturated heterocycles. The van der Waals surface area contributed by atoms with E-state index in [1.54, 1.807) is 24.5 Å². The summed E-state index contributed by atoms with van der Waals surface area (Å²) >= 11 is 0. The number of carboxylic acid groups (broad SMARTS) is 1. The molecule has 28 heavy (non-hydrogen) atoms. The molecule has 7 nitrogen and oxygen atoms in total. The van der Waals surface area contributed by atoms with Gasteiger partial charge in [0.1, 0.15) is 11.5 Å². The zero-order valence-electron chi connectivity index (χ0n) is 14.4. The smallest absolute Gasteiger partial charge is 0.345 e. The topological polar surface area (TPSA) is 104 Å². The highest BCUT2D eigenvalue weighted by molar-refractivity contribution is 6.26. The van der Waals surface area contributed by atoms with Crippen molar-refractivity contribution in [3.05, 3.63) is 83.0 Å². The second-order valence-corrected chi connectivity index (χ2v) is 6.08. The number of rotatable bonds is 5. The average Bonchev–Trinajstić information content (AvgIpc) is 3.22. The molecule has 140 valence electrons. The van der Waals surface area contributed by atoms with E-state index in [0.29, 0.717) is 16.8 Å². The van der Waals surface area contributed by atoms with Crippen LogP contribution < -0.4 is 5.32 Å². The zero-order valence-corrected chi connectivity index (χ0v) is 14.4. The van der Waals surface area contributed by atoms with Crippen LogP contribution in [0.5, 0.6) is 0 Å². The van der Waals surface area contributed by atoms with Crippen LogP contribution in [0, 0.1) is 5.82 Å². The Balaban J connectivity index is 1.61. The van der Waals surface area contributed by atoms with Crippen LogP contribution in [0.3, 0.4) is 0 Å². The van der Waals surface area contributed by atoms with Gasteiger partial charge in [0.25, 0.3) is 0 Å². The summed E-state index contributed by atoms with van der Waals surface area (Å²) < 4.78 is 18.8. The highest BCUT2D eigenvalue weighted by Gasteiger charge is 2.35. The Morgan fingerprint density at radius 2 is 2.18 bits per heavy atom. The minimum Gasteiger partial charge on any atom is -0.477 e. The van der Waals surface area contributed by atoms with E-state index in [9.17, 15) is 19.1 Å². The lowest BCUT2D eigenvalue weighted by Crippen LogP contribution is -2.17. The number of hydrogen-bond acceptors (Lipinski definition) is 5. The van der Waals surface area contributed by atoms with Crippen molar-refractivity contribution in [2.75, 3.05) is 0 Å². The maximum Gasteiger partial charge on any atom is 0.345 e. The van der Waals surface area contributed by atoms with E-state index in [1.807, 2.05) is 6.07 Å². The van der Waals surface area contributed by atoms with Crippen molar-refractivity contribution in [2.24, 2.45) is 0 Å². The van der Waals surface area contributed by atoms with E-state index < -0.39 is 23.1 Å². The number of hydrogen-bond donors (Lipinski definition) is 3. The Hall–Kier alpha value is -3.94. The van der Waals surface area contributed by atoms with E-state index in [-0.39, 0.29) is 18.2 Å². The molecule has 2 aromatic heterocycles. The summed E-state index contributed by atoms with van der Waals surface area (Å²) in [6.07, 6.45) is 4.74. The third-order valence-electron chi connectivity index (χ3n) is 4.22. The van der Waals surface area contributed by atoms with Gasteiger partial charge in [0.15, 0.2) is 11.3 Å². The molecule has 0 saturated carbocycles. The molecule has 8 heteroatoms. The molecule has 1 aromatic carbocycles. The third-order valence-corrected chi connectivity index (χ3v) is 4.22. The maximum atomic E-state index is 13.3. The highest BCUT2D eigenvalue weighted by atomic mass is 19.1. The Kier molecular flexibility index (Phi) is 4.36. The lowest BCUT2D eigenvalue weighted by atomic mass is 10.1. The summed E-state index contributed by atoms with van der Waals surface area (Å²) in [6.45, 7) is 0.0986. The number of halogens is 1. The second-order valence-electron chi connectivity index (χ2n) is 6.08. The molecule has 0 spiro atoms. The number of carboxylic acids is 1. The van der Waals surface area contributed by atoms with Crippen molar-refractivity contribution < 1.29 is 23.8 Å². The van der Waals surface area contributed by atoms with Crippen molar-refractivity contribution >= 4 is 28.9 Å². The van der Waals surface area contributed by atoms with Crippen molar-refractivity contribution in [3.63, 3.8) is 0 Å². The number of H-pyrrole nitrogens is 1. The quantitative estimate of drug-likeness (QED) is 0.465. The van der Waals surface area contributed by atoms with Gasteiger partial charge in [-0.25, -0.2) is 14.2 Å². The molecule has 1 aliphatic heterocycles. The number of pyridine rings is 1. The van der Waals surface area contributed by atoms with Gasteiger partial charge >= 0.3 is 5.97 Å². The molecule has 0 atom stereocenters. The predicted molar refractivity (Wildman–Crippen MR) is 98.1 cm³/mol. The maximum absolute atomic E-state index is 13.3. The summed E-state index contributed by atoms with van der Waals surface area (Å²) in [5.41, 5.74) is 1.35. The van der Waals surface area contributed by atoms with E-state index in [2.05, 4.69) is 15.3 Å². The summed E-state index contributed by atoms with van der Waals surface area (Å²) in [5.74, 6) is -2.86. The first-order valence-electron chi connectivity index (χ1n) is 8.35. The van der Waals surface area contributed by atoms with Crippen LogP contribution in [0.15, 0.2) is 66.0 Å². The number of aromatic amines is 1. The number of aromatic nitrogens is 2. The monoisotopic (exact) mass is 379 g/mol. The molecular weight excluding hydrogens is 365 g/mol. The van der Waals surface area contributed by atoms with Crippen LogP contribution in [0.2, 0.25) is 0 Å². The zero-order chi connectivity index (χ0) is 19.7. The second kappa shape index (κ2) is 6.99. The van der Waals surface area contributed by atoms with Crippen LogP contribution in [-0.2, 0) is 20.9 Å². The molecule has 3 aromatic rings. The highest BCUT2D eigenvalue weighted by Crippen LogP contribution is 2.27. The van der Waals surface area contributed by atoms with Crippen LogP contribution in [0.25, 0.3) is 17.1 Å². The van der Waals surface area contributed by atoms with Crippen LogP contribution in [-0.4, -0.2) is 26.8 Å². The number of carbonyl (C=O) groups excluding carboxylic acids is 1. The normalized spacial score (nSPS) is 15.3. The molecule has 1 aliphatic rings. The van der Waals surface area contributed by atoms with E-state index in [0.717, 1.165) is 5.39 Å². The standard InChI is InChI=1S/C20H14FN3O4/c21-13-4-1-3-11(7-13)9-24-19-16(20(26)27)17(25)15(28-19)8-12-10-23-18-14(12)5-2-6-22-18/h1-8,10,24H,9H2,(H,22,23)(H,26,27). The summed E-state index contributed by atoms with van der Waals surface area (Å²) in [4.78, 5) is 31.2. The van der Waals surface area contributed by atoms with Gasteiger partial charge in [0.2, 0.25) is 11.7 Å². The largest absolute Gasteiger partial charge is 0.477 e. The fraction of sp³-hybridized carbons (Fsp3) is 0.0500. The van der Waals surface area contributed by atoms with Gasteiger partial charge in [-0.15, -0.1) is 0 Å². The lowest BCUT2D eigenvalue weighted by molar-refractivity contribution is -0.134. The van der Waals surface area contributed by atoms with Gasteiger partial charge in [0.05, 0.1) is 0 Å². The van der Waals surface area contributed by atoms with Crippen LogP contribution in [0.1, 0.15) is 11.1 Å². The molecule has 3 heterocycles. The third kappa shape index (κ3) is 3.23. The summed E-state index contributed by atoms with van der Waals surface area (Å²) in [5, 5.41) is 12.9. The van der Waals surface area contributed by atoms with Crippen LogP contribution in [0.4, 0.5) is 4.39 Å². The first-order chi connectivity index (χ1) is 13.5.